The number of anilines is 1. The highest BCUT2D eigenvalue weighted by molar-refractivity contribution is 9.10. The standard InChI is InChI=1S/C17H18BrClN6O/c18-12-1-2-13(19)11(5-12)9-25-15-14(23-17(25)26)8-22-16(24-15)21-7-10-3-4-20-6-10/h1-2,5,8,10,20H,3-4,6-7,9H2,(H,23,26)(H,21,22,24)/t10-/m1/s1. The van der Waals surface area contributed by atoms with Crippen molar-refractivity contribution in [2.24, 2.45) is 5.92 Å². The van der Waals surface area contributed by atoms with Crippen molar-refractivity contribution in [1.29, 1.82) is 0 Å². The number of imidazole rings is 1. The van der Waals surface area contributed by atoms with Crippen molar-refractivity contribution in [1.82, 2.24) is 24.8 Å². The van der Waals surface area contributed by atoms with Gasteiger partial charge in [-0.2, -0.15) is 4.98 Å². The summed E-state index contributed by atoms with van der Waals surface area (Å²) in [5.74, 6) is 1.10. The Morgan fingerprint density at radius 3 is 3.12 bits per heavy atom. The summed E-state index contributed by atoms with van der Waals surface area (Å²) >= 11 is 9.71. The third kappa shape index (κ3) is 3.62. The lowest BCUT2D eigenvalue weighted by molar-refractivity contribution is 0.613. The summed E-state index contributed by atoms with van der Waals surface area (Å²) in [5.41, 5.74) is 1.78. The van der Waals surface area contributed by atoms with Gasteiger partial charge in [0.25, 0.3) is 0 Å². The van der Waals surface area contributed by atoms with Gasteiger partial charge in [-0.3, -0.25) is 4.57 Å². The highest BCUT2D eigenvalue weighted by Gasteiger charge is 2.16. The van der Waals surface area contributed by atoms with Crippen LogP contribution in [0.25, 0.3) is 11.2 Å². The van der Waals surface area contributed by atoms with Crippen LogP contribution in [-0.4, -0.2) is 39.2 Å². The quantitative estimate of drug-likeness (QED) is 0.571. The number of nitrogens with one attached hydrogen (secondary N) is 3. The SMILES string of the molecule is O=c1[nH]c2cnc(NC[C@@H]3CCNC3)nc2n1Cc1cc(Br)ccc1Cl. The molecule has 0 unspecified atom stereocenters. The maximum absolute atomic E-state index is 12.4. The molecule has 7 nitrogen and oxygen atoms in total. The molecule has 0 amide bonds. The van der Waals surface area contributed by atoms with Crippen molar-refractivity contribution in [2.75, 3.05) is 25.0 Å². The molecule has 0 saturated carbocycles. The summed E-state index contributed by atoms with van der Waals surface area (Å²) in [6, 6.07) is 5.57. The fourth-order valence-electron chi connectivity index (χ4n) is 3.14. The van der Waals surface area contributed by atoms with Crippen molar-refractivity contribution < 1.29 is 0 Å². The number of aromatic amines is 1. The number of hydrogen-bond donors (Lipinski definition) is 3. The third-order valence-electron chi connectivity index (χ3n) is 4.56. The Hall–Kier alpha value is -1.90. The second-order valence-corrected chi connectivity index (χ2v) is 7.75. The number of H-pyrrole nitrogens is 1. The Kier molecular flexibility index (Phi) is 4.97. The van der Waals surface area contributed by atoms with Gasteiger partial charge in [-0.15, -0.1) is 0 Å². The smallest absolute Gasteiger partial charge is 0.328 e. The Bertz CT molecular complexity index is 995. The molecule has 9 heteroatoms. The fourth-order valence-corrected chi connectivity index (χ4v) is 3.72. The molecule has 26 heavy (non-hydrogen) atoms. The zero-order valence-electron chi connectivity index (χ0n) is 13.9. The average Bonchev–Trinajstić information content (AvgIpc) is 3.24. The van der Waals surface area contributed by atoms with Crippen LogP contribution in [0.5, 0.6) is 0 Å². The van der Waals surface area contributed by atoms with Crippen LogP contribution < -0.4 is 16.3 Å². The molecule has 4 rings (SSSR count). The van der Waals surface area contributed by atoms with E-state index < -0.39 is 0 Å². The summed E-state index contributed by atoms with van der Waals surface area (Å²) in [6.07, 6.45) is 2.78. The van der Waals surface area contributed by atoms with Crippen molar-refractivity contribution in [3.05, 3.63) is 49.9 Å². The van der Waals surface area contributed by atoms with Crippen LogP contribution in [0, 0.1) is 5.92 Å². The first-order valence-electron chi connectivity index (χ1n) is 8.44. The van der Waals surface area contributed by atoms with Gasteiger partial charge in [0.1, 0.15) is 5.52 Å². The monoisotopic (exact) mass is 436 g/mol. The lowest BCUT2D eigenvalue weighted by Crippen LogP contribution is -2.19. The van der Waals surface area contributed by atoms with E-state index in [0.29, 0.717) is 34.6 Å². The number of nitrogens with zero attached hydrogens (tertiary/aromatic N) is 3. The molecule has 0 radical (unpaired) electrons. The summed E-state index contributed by atoms with van der Waals surface area (Å²) in [5, 5.41) is 7.22. The number of aromatic nitrogens is 4. The van der Waals surface area contributed by atoms with Crippen LogP contribution in [0.15, 0.2) is 33.7 Å². The first-order valence-corrected chi connectivity index (χ1v) is 9.61. The van der Waals surface area contributed by atoms with Gasteiger partial charge in [-0.1, -0.05) is 27.5 Å². The number of fused-ring (bicyclic) bond motifs is 1. The lowest BCUT2D eigenvalue weighted by Gasteiger charge is -2.10. The number of hydrogen-bond acceptors (Lipinski definition) is 5. The van der Waals surface area contributed by atoms with E-state index >= 15 is 0 Å². The van der Waals surface area contributed by atoms with Crippen LogP contribution >= 0.6 is 27.5 Å². The molecule has 1 fully saturated rings. The van der Waals surface area contributed by atoms with Crippen LogP contribution in [0.1, 0.15) is 12.0 Å². The molecule has 2 aromatic heterocycles. The third-order valence-corrected chi connectivity index (χ3v) is 5.42. The molecule has 1 aromatic carbocycles. The predicted octanol–water partition coefficient (Wildman–Crippen LogP) is 2.61. The summed E-state index contributed by atoms with van der Waals surface area (Å²) in [7, 11) is 0. The van der Waals surface area contributed by atoms with Crippen molar-refractivity contribution in [2.45, 2.75) is 13.0 Å². The number of benzene rings is 1. The van der Waals surface area contributed by atoms with E-state index in [0.717, 1.165) is 36.1 Å². The molecule has 1 aliphatic heterocycles. The molecule has 3 aromatic rings. The minimum Gasteiger partial charge on any atom is -0.354 e. The largest absolute Gasteiger partial charge is 0.354 e. The number of halogens is 2. The first-order chi connectivity index (χ1) is 12.6. The Morgan fingerprint density at radius 1 is 1.42 bits per heavy atom. The molecular formula is C17H18BrClN6O. The van der Waals surface area contributed by atoms with Gasteiger partial charge >= 0.3 is 5.69 Å². The van der Waals surface area contributed by atoms with Gasteiger partial charge in [-0.05, 0) is 49.2 Å². The molecule has 0 spiro atoms. The molecule has 0 aliphatic carbocycles. The summed E-state index contributed by atoms with van der Waals surface area (Å²) in [6.45, 7) is 3.20. The van der Waals surface area contributed by atoms with Crippen LogP contribution in [0.2, 0.25) is 5.02 Å². The molecule has 136 valence electrons. The van der Waals surface area contributed by atoms with Gasteiger partial charge in [0, 0.05) is 16.0 Å². The van der Waals surface area contributed by atoms with E-state index in [4.69, 9.17) is 11.6 Å². The highest BCUT2D eigenvalue weighted by atomic mass is 79.9. The average molecular weight is 438 g/mol. The molecule has 0 bridgehead atoms. The summed E-state index contributed by atoms with van der Waals surface area (Å²) in [4.78, 5) is 24.0. The normalized spacial score (nSPS) is 17.1. The zero-order valence-corrected chi connectivity index (χ0v) is 16.3. The van der Waals surface area contributed by atoms with E-state index in [1.807, 2.05) is 12.1 Å². The Labute approximate surface area is 163 Å². The topological polar surface area (TPSA) is 87.6 Å². The second-order valence-electron chi connectivity index (χ2n) is 6.42. The fraction of sp³-hybridized carbons (Fsp3) is 0.353. The van der Waals surface area contributed by atoms with Gasteiger partial charge in [0.05, 0.1) is 12.7 Å². The van der Waals surface area contributed by atoms with Crippen molar-refractivity contribution >= 4 is 44.6 Å². The van der Waals surface area contributed by atoms with Crippen LogP contribution in [-0.2, 0) is 6.54 Å². The predicted molar refractivity (Wildman–Crippen MR) is 106 cm³/mol. The van der Waals surface area contributed by atoms with Crippen LogP contribution in [0.3, 0.4) is 0 Å². The van der Waals surface area contributed by atoms with E-state index in [-0.39, 0.29) is 5.69 Å². The van der Waals surface area contributed by atoms with E-state index in [1.165, 1.54) is 0 Å². The Balaban J connectivity index is 1.63. The first kappa shape index (κ1) is 17.5. The molecule has 3 N–H and O–H groups in total. The van der Waals surface area contributed by atoms with Gasteiger partial charge in [0.15, 0.2) is 5.65 Å². The molecule has 1 aliphatic rings. The minimum absolute atomic E-state index is 0.234. The maximum Gasteiger partial charge on any atom is 0.328 e. The second kappa shape index (κ2) is 7.38. The van der Waals surface area contributed by atoms with Crippen molar-refractivity contribution in [3.8, 4) is 0 Å². The van der Waals surface area contributed by atoms with Gasteiger partial charge in [0.2, 0.25) is 5.95 Å². The Morgan fingerprint density at radius 2 is 2.31 bits per heavy atom. The minimum atomic E-state index is -0.234. The maximum atomic E-state index is 12.4. The van der Waals surface area contributed by atoms with Crippen LogP contribution in [0.4, 0.5) is 5.95 Å². The summed E-state index contributed by atoms with van der Waals surface area (Å²) < 4.78 is 2.49. The lowest BCUT2D eigenvalue weighted by atomic mass is 10.1. The van der Waals surface area contributed by atoms with Gasteiger partial charge < -0.3 is 15.6 Å². The number of rotatable bonds is 5. The van der Waals surface area contributed by atoms with E-state index in [9.17, 15) is 4.79 Å². The molecule has 1 saturated heterocycles. The van der Waals surface area contributed by atoms with Gasteiger partial charge in [-0.25, -0.2) is 9.78 Å². The zero-order chi connectivity index (χ0) is 18.1. The van der Waals surface area contributed by atoms with E-state index in [1.54, 1.807) is 16.8 Å². The highest BCUT2D eigenvalue weighted by Crippen LogP contribution is 2.22. The van der Waals surface area contributed by atoms with Crippen molar-refractivity contribution in [3.63, 3.8) is 0 Å². The molecular weight excluding hydrogens is 420 g/mol. The molecule has 3 heterocycles. The molecule has 1 atom stereocenters. The van der Waals surface area contributed by atoms with E-state index in [2.05, 4.69) is 41.5 Å².